The summed E-state index contributed by atoms with van der Waals surface area (Å²) < 4.78 is 7.13. The summed E-state index contributed by atoms with van der Waals surface area (Å²) in [6.07, 6.45) is 0.725. The van der Waals surface area contributed by atoms with Crippen molar-refractivity contribution in [2.24, 2.45) is 0 Å². The number of carbonyl (C=O) groups is 1. The Hall–Kier alpha value is -3.10. The molecule has 0 atom stereocenters. The molecule has 0 saturated heterocycles. The van der Waals surface area contributed by atoms with Crippen LogP contribution >= 0.6 is 22.9 Å². The number of amides is 2. The smallest absolute Gasteiger partial charge is 0.322 e. The van der Waals surface area contributed by atoms with Gasteiger partial charge in [0.15, 0.2) is 5.82 Å². The van der Waals surface area contributed by atoms with Gasteiger partial charge in [-0.1, -0.05) is 29.0 Å². The van der Waals surface area contributed by atoms with E-state index in [-0.39, 0.29) is 6.03 Å². The molecule has 3 heterocycles. The van der Waals surface area contributed by atoms with Crippen molar-refractivity contribution in [1.82, 2.24) is 19.5 Å². The maximum absolute atomic E-state index is 12.8. The average molecular weight is 454 g/mol. The first-order chi connectivity index (χ1) is 15.0. The number of halogens is 1. The number of aromatic nitrogens is 3. The van der Waals surface area contributed by atoms with Gasteiger partial charge >= 0.3 is 6.03 Å². The highest BCUT2D eigenvalue weighted by Gasteiger charge is 2.26. The van der Waals surface area contributed by atoms with Crippen LogP contribution in [0.25, 0.3) is 16.3 Å². The minimum Gasteiger partial charge on any atom is -0.497 e. The van der Waals surface area contributed by atoms with Crippen molar-refractivity contribution in [3.8, 4) is 17.1 Å². The summed E-state index contributed by atoms with van der Waals surface area (Å²) in [5.41, 5.74) is 3.66. The maximum atomic E-state index is 12.8. The number of carbonyl (C=O) groups excluding carboxylic acids is 1. The number of nitrogens with zero attached hydrogens (tertiary/aromatic N) is 4. The van der Waals surface area contributed by atoms with Crippen molar-refractivity contribution < 1.29 is 9.53 Å². The highest BCUT2D eigenvalue weighted by atomic mass is 35.5. The summed E-state index contributed by atoms with van der Waals surface area (Å²) in [6.45, 7) is 3.04. The second kappa shape index (κ2) is 7.86. The summed E-state index contributed by atoms with van der Waals surface area (Å²) in [6, 6.07) is 13.1. The van der Waals surface area contributed by atoms with Crippen molar-refractivity contribution >= 4 is 39.6 Å². The molecule has 9 heteroatoms. The maximum Gasteiger partial charge on any atom is 0.322 e. The van der Waals surface area contributed by atoms with Gasteiger partial charge in [-0.25, -0.2) is 9.31 Å². The monoisotopic (exact) mass is 453 g/mol. The van der Waals surface area contributed by atoms with Gasteiger partial charge in [0.1, 0.15) is 5.75 Å². The molecule has 0 saturated carbocycles. The molecule has 158 valence electrons. The molecule has 2 amide bonds. The Morgan fingerprint density at radius 2 is 2.03 bits per heavy atom. The van der Waals surface area contributed by atoms with Crippen molar-refractivity contribution in [1.29, 1.82) is 0 Å². The van der Waals surface area contributed by atoms with E-state index in [1.165, 1.54) is 0 Å². The molecule has 1 aliphatic rings. The lowest BCUT2D eigenvalue weighted by Gasteiger charge is -2.27. The van der Waals surface area contributed by atoms with Crippen LogP contribution in [0.15, 0.2) is 42.5 Å². The molecule has 0 bridgehead atoms. The van der Waals surface area contributed by atoms with E-state index in [4.69, 9.17) is 26.4 Å². The Balaban J connectivity index is 1.35. The fraction of sp³-hybridized carbons (Fsp3) is 0.227. The zero-order valence-corrected chi connectivity index (χ0v) is 18.6. The van der Waals surface area contributed by atoms with E-state index in [2.05, 4.69) is 5.32 Å². The van der Waals surface area contributed by atoms with E-state index in [9.17, 15) is 4.79 Å². The first-order valence-electron chi connectivity index (χ1n) is 9.86. The standard InChI is InChI=1S/C22H20ClN5O2S/c1-13-16(23)4-3-5-17(13)24-21(29)27-11-10-18-19(12-27)31-22-25-20(26-28(18)22)14-6-8-15(30-2)9-7-14/h3-9H,10-12H2,1-2H3,(H,24,29). The predicted octanol–water partition coefficient (Wildman–Crippen LogP) is 5.02. The number of hydrogen-bond acceptors (Lipinski definition) is 5. The van der Waals surface area contributed by atoms with Crippen LogP contribution in [-0.2, 0) is 13.0 Å². The number of nitrogens with one attached hydrogen (secondary N) is 1. The summed E-state index contributed by atoms with van der Waals surface area (Å²) >= 11 is 7.75. The first-order valence-corrected chi connectivity index (χ1v) is 11.1. The first kappa shape index (κ1) is 19.8. The SMILES string of the molecule is COc1ccc(-c2nc3sc4c(n3n2)CCN(C(=O)Nc2cccc(Cl)c2C)C4)cc1. The van der Waals surface area contributed by atoms with Crippen LogP contribution in [0, 0.1) is 6.92 Å². The highest BCUT2D eigenvalue weighted by molar-refractivity contribution is 7.17. The van der Waals surface area contributed by atoms with Crippen LogP contribution in [0.1, 0.15) is 16.1 Å². The van der Waals surface area contributed by atoms with E-state index in [0.717, 1.165) is 44.5 Å². The molecule has 4 aromatic rings. The number of urea groups is 1. The van der Waals surface area contributed by atoms with E-state index >= 15 is 0 Å². The van der Waals surface area contributed by atoms with E-state index in [1.54, 1.807) is 18.4 Å². The molecule has 7 nitrogen and oxygen atoms in total. The largest absolute Gasteiger partial charge is 0.497 e. The number of hydrogen-bond donors (Lipinski definition) is 1. The number of methoxy groups -OCH3 is 1. The normalized spacial score (nSPS) is 13.3. The second-order valence-electron chi connectivity index (χ2n) is 7.34. The second-order valence-corrected chi connectivity index (χ2v) is 8.81. The Bertz CT molecular complexity index is 1280. The lowest BCUT2D eigenvalue weighted by Crippen LogP contribution is -2.38. The van der Waals surface area contributed by atoms with Gasteiger partial charge in [0.25, 0.3) is 0 Å². The Kier molecular flexibility index (Phi) is 5.03. The Morgan fingerprint density at radius 1 is 1.23 bits per heavy atom. The van der Waals surface area contributed by atoms with Gasteiger partial charge in [-0.05, 0) is 48.9 Å². The predicted molar refractivity (Wildman–Crippen MR) is 122 cm³/mol. The highest BCUT2D eigenvalue weighted by Crippen LogP contribution is 2.31. The zero-order chi connectivity index (χ0) is 21.5. The number of ether oxygens (including phenoxy) is 1. The minimum atomic E-state index is -0.131. The van der Waals surface area contributed by atoms with E-state index < -0.39 is 0 Å². The van der Waals surface area contributed by atoms with Crippen molar-refractivity contribution in [2.75, 3.05) is 19.0 Å². The molecule has 2 aromatic heterocycles. The summed E-state index contributed by atoms with van der Waals surface area (Å²) in [7, 11) is 1.64. The molecular formula is C22H20ClN5O2S. The van der Waals surface area contributed by atoms with Gasteiger partial charge < -0.3 is 15.0 Å². The summed E-state index contributed by atoms with van der Waals surface area (Å²) in [5, 5.41) is 8.33. The fourth-order valence-electron chi connectivity index (χ4n) is 3.66. The van der Waals surface area contributed by atoms with Crippen LogP contribution in [0.4, 0.5) is 10.5 Å². The Morgan fingerprint density at radius 3 is 2.81 bits per heavy atom. The van der Waals surface area contributed by atoms with Crippen LogP contribution < -0.4 is 10.1 Å². The fourth-order valence-corrected chi connectivity index (χ4v) is 4.95. The number of fused-ring (bicyclic) bond motifs is 3. The van der Waals surface area contributed by atoms with Crippen molar-refractivity contribution in [2.45, 2.75) is 19.9 Å². The van der Waals surface area contributed by atoms with Crippen LogP contribution in [0.5, 0.6) is 5.75 Å². The average Bonchev–Trinajstić information content (AvgIpc) is 3.34. The third-order valence-electron chi connectivity index (χ3n) is 5.47. The minimum absolute atomic E-state index is 0.131. The van der Waals surface area contributed by atoms with Crippen LogP contribution in [-0.4, -0.2) is 39.2 Å². The lowest BCUT2D eigenvalue weighted by molar-refractivity contribution is 0.206. The van der Waals surface area contributed by atoms with E-state index in [0.29, 0.717) is 23.9 Å². The molecule has 0 unspecified atom stereocenters. The molecule has 0 fully saturated rings. The van der Waals surface area contributed by atoms with E-state index in [1.807, 2.05) is 58.8 Å². The van der Waals surface area contributed by atoms with Gasteiger partial charge in [-0.2, -0.15) is 4.98 Å². The molecule has 2 aromatic carbocycles. The van der Waals surface area contributed by atoms with Crippen molar-refractivity contribution in [3.63, 3.8) is 0 Å². The van der Waals surface area contributed by atoms with Crippen LogP contribution in [0.2, 0.25) is 5.02 Å². The van der Waals surface area contributed by atoms with Gasteiger partial charge in [-0.15, -0.1) is 5.10 Å². The summed E-state index contributed by atoms with van der Waals surface area (Å²) in [5.74, 6) is 1.49. The van der Waals surface area contributed by atoms with Crippen LogP contribution in [0.3, 0.4) is 0 Å². The number of thiazole rings is 1. The topological polar surface area (TPSA) is 71.8 Å². The molecular weight excluding hydrogens is 434 g/mol. The lowest BCUT2D eigenvalue weighted by atomic mass is 10.2. The Labute approximate surface area is 188 Å². The number of anilines is 1. The van der Waals surface area contributed by atoms with Gasteiger partial charge in [0, 0.05) is 34.1 Å². The summed E-state index contributed by atoms with van der Waals surface area (Å²) in [4.78, 5) is 21.3. The van der Waals surface area contributed by atoms with Gasteiger partial charge in [0.2, 0.25) is 4.96 Å². The third-order valence-corrected chi connectivity index (χ3v) is 6.93. The third kappa shape index (κ3) is 3.62. The van der Waals surface area contributed by atoms with Gasteiger partial charge in [0.05, 0.1) is 19.3 Å². The number of benzene rings is 2. The molecule has 1 N–H and O–H groups in total. The molecule has 0 spiro atoms. The molecule has 0 radical (unpaired) electrons. The zero-order valence-electron chi connectivity index (χ0n) is 17.1. The molecule has 31 heavy (non-hydrogen) atoms. The molecule has 1 aliphatic heterocycles. The number of rotatable bonds is 3. The van der Waals surface area contributed by atoms with Crippen molar-refractivity contribution in [3.05, 3.63) is 63.6 Å². The molecule has 5 rings (SSSR count). The quantitative estimate of drug-likeness (QED) is 0.473. The van der Waals surface area contributed by atoms with Gasteiger partial charge in [-0.3, -0.25) is 0 Å². The molecule has 0 aliphatic carbocycles.